The van der Waals surface area contributed by atoms with Crippen molar-refractivity contribution in [2.75, 3.05) is 26.2 Å². The van der Waals surface area contributed by atoms with Gasteiger partial charge in [0.15, 0.2) is 11.6 Å². The van der Waals surface area contributed by atoms with Gasteiger partial charge in [-0.2, -0.15) is 5.10 Å². The van der Waals surface area contributed by atoms with Crippen LogP contribution < -0.4 is 0 Å². The zero-order chi connectivity index (χ0) is 22.7. The summed E-state index contributed by atoms with van der Waals surface area (Å²) in [7, 11) is 0. The Morgan fingerprint density at radius 2 is 1.75 bits per heavy atom. The monoisotopic (exact) mass is 441 g/mol. The van der Waals surface area contributed by atoms with Crippen molar-refractivity contribution in [1.29, 1.82) is 0 Å². The minimum atomic E-state index is -0.856. The molecule has 0 unspecified atom stereocenters. The highest BCUT2D eigenvalue weighted by atomic mass is 19.2. The number of rotatable bonds is 6. The average Bonchev–Trinajstić information content (AvgIpc) is 3.26. The molecular formula is C22H21F2N5O3. The first-order valence-electron chi connectivity index (χ1n) is 10.1. The van der Waals surface area contributed by atoms with Crippen LogP contribution in [0.5, 0.6) is 0 Å². The Balaban J connectivity index is 1.31. The van der Waals surface area contributed by atoms with E-state index in [1.165, 1.54) is 23.1 Å². The minimum absolute atomic E-state index is 0.0731. The molecule has 2 heterocycles. The van der Waals surface area contributed by atoms with E-state index in [-0.39, 0.29) is 11.6 Å². The summed E-state index contributed by atoms with van der Waals surface area (Å²) in [6.45, 7) is 2.78. The van der Waals surface area contributed by atoms with Gasteiger partial charge < -0.3 is 4.90 Å². The molecule has 1 fully saturated rings. The maximum atomic E-state index is 13.9. The molecule has 0 spiro atoms. The van der Waals surface area contributed by atoms with E-state index in [0.717, 1.165) is 11.6 Å². The third kappa shape index (κ3) is 4.80. The molecular weight excluding hydrogens is 420 g/mol. The molecule has 2 aromatic carbocycles. The van der Waals surface area contributed by atoms with Gasteiger partial charge in [-0.3, -0.25) is 24.5 Å². The van der Waals surface area contributed by atoms with Crippen molar-refractivity contribution in [2.24, 2.45) is 0 Å². The van der Waals surface area contributed by atoms with Gasteiger partial charge >= 0.3 is 5.69 Å². The number of benzene rings is 2. The zero-order valence-electron chi connectivity index (χ0n) is 17.2. The molecule has 1 amide bonds. The van der Waals surface area contributed by atoms with Crippen LogP contribution in [0.25, 0.3) is 0 Å². The fraction of sp³-hybridized carbons (Fsp3) is 0.273. The second-order valence-corrected chi connectivity index (χ2v) is 7.63. The smallest absolute Gasteiger partial charge is 0.307 e. The lowest BCUT2D eigenvalue weighted by molar-refractivity contribution is -0.385. The van der Waals surface area contributed by atoms with E-state index in [1.54, 1.807) is 35.2 Å². The van der Waals surface area contributed by atoms with Crippen LogP contribution in [0.1, 0.15) is 21.5 Å². The number of nitro groups is 1. The standard InChI is InChI=1S/C22H21F2N5O3/c23-20-3-1-2-18(21(20)24)14-26-8-10-27(11-9-26)22(30)17-6-4-16(5-7-17)13-28-15-19(12-25-28)29(31)32/h1-7,12,15H,8-11,13-14H2. The van der Waals surface area contributed by atoms with Crippen molar-refractivity contribution in [3.8, 4) is 0 Å². The maximum Gasteiger partial charge on any atom is 0.307 e. The van der Waals surface area contributed by atoms with Gasteiger partial charge in [0.25, 0.3) is 5.91 Å². The lowest BCUT2D eigenvalue weighted by atomic mass is 10.1. The summed E-state index contributed by atoms with van der Waals surface area (Å²) in [6, 6.07) is 11.2. The average molecular weight is 441 g/mol. The van der Waals surface area contributed by atoms with E-state index in [2.05, 4.69) is 5.10 Å². The largest absolute Gasteiger partial charge is 0.336 e. The zero-order valence-corrected chi connectivity index (χ0v) is 17.2. The van der Waals surface area contributed by atoms with Crippen LogP contribution in [0.15, 0.2) is 54.9 Å². The molecule has 10 heteroatoms. The molecule has 0 radical (unpaired) electrons. The highest BCUT2D eigenvalue weighted by Gasteiger charge is 2.23. The summed E-state index contributed by atoms with van der Waals surface area (Å²) in [5.74, 6) is -1.77. The Labute approximate surface area is 182 Å². The number of halogens is 2. The fourth-order valence-electron chi connectivity index (χ4n) is 3.68. The van der Waals surface area contributed by atoms with Gasteiger partial charge in [0, 0.05) is 43.9 Å². The van der Waals surface area contributed by atoms with E-state index in [0.29, 0.717) is 50.4 Å². The minimum Gasteiger partial charge on any atom is -0.336 e. The van der Waals surface area contributed by atoms with E-state index < -0.39 is 16.6 Å². The predicted octanol–water partition coefficient (Wildman–Crippen LogP) is 3.08. The van der Waals surface area contributed by atoms with E-state index >= 15 is 0 Å². The van der Waals surface area contributed by atoms with Crippen LogP contribution in [0.3, 0.4) is 0 Å². The van der Waals surface area contributed by atoms with Crippen molar-refractivity contribution in [3.63, 3.8) is 0 Å². The molecule has 1 saturated heterocycles. The molecule has 32 heavy (non-hydrogen) atoms. The Morgan fingerprint density at radius 3 is 2.41 bits per heavy atom. The summed E-state index contributed by atoms with van der Waals surface area (Å²) in [6.07, 6.45) is 2.55. The van der Waals surface area contributed by atoms with Crippen LogP contribution in [-0.4, -0.2) is 56.6 Å². The predicted molar refractivity (Wildman–Crippen MR) is 112 cm³/mol. The van der Waals surface area contributed by atoms with Crippen molar-refractivity contribution in [1.82, 2.24) is 19.6 Å². The Hall–Kier alpha value is -3.66. The summed E-state index contributed by atoms with van der Waals surface area (Å²) in [5, 5.41) is 14.7. The molecule has 0 aliphatic carbocycles. The Bertz CT molecular complexity index is 1120. The van der Waals surface area contributed by atoms with Gasteiger partial charge in [-0.05, 0) is 23.8 Å². The molecule has 8 nitrogen and oxygen atoms in total. The van der Waals surface area contributed by atoms with Gasteiger partial charge in [0.1, 0.15) is 12.4 Å². The van der Waals surface area contributed by atoms with Crippen molar-refractivity contribution < 1.29 is 18.5 Å². The Kier molecular flexibility index (Phi) is 6.22. The molecule has 4 rings (SSSR count). The topological polar surface area (TPSA) is 84.5 Å². The number of hydrogen-bond acceptors (Lipinski definition) is 5. The number of piperazine rings is 1. The van der Waals surface area contributed by atoms with Gasteiger partial charge in [0.05, 0.1) is 11.5 Å². The first-order valence-corrected chi connectivity index (χ1v) is 10.1. The van der Waals surface area contributed by atoms with E-state index in [9.17, 15) is 23.7 Å². The molecule has 1 aliphatic rings. The lowest BCUT2D eigenvalue weighted by Gasteiger charge is -2.34. The van der Waals surface area contributed by atoms with E-state index in [1.807, 2.05) is 4.90 Å². The highest BCUT2D eigenvalue weighted by Crippen LogP contribution is 2.17. The second-order valence-electron chi connectivity index (χ2n) is 7.63. The number of amides is 1. The molecule has 0 bridgehead atoms. The lowest BCUT2D eigenvalue weighted by Crippen LogP contribution is -2.48. The fourth-order valence-corrected chi connectivity index (χ4v) is 3.68. The maximum absolute atomic E-state index is 13.9. The van der Waals surface area contributed by atoms with Crippen molar-refractivity contribution in [2.45, 2.75) is 13.1 Å². The van der Waals surface area contributed by atoms with Crippen LogP contribution in [0.2, 0.25) is 0 Å². The van der Waals surface area contributed by atoms with Crippen LogP contribution in [-0.2, 0) is 13.1 Å². The third-order valence-corrected chi connectivity index (χ3v) is 5.46. The van der Waals surface area contributed by atoms with Crippen LogP contribution in [0, 0.1) is 21.7 Å². The van der Waals surface area contributed by atoms with Crippen LogP contribution in [0.4, 0.5) is 14.5 Å². The molecule has 0 saturated carbocycles. The molecule has 3 aromatic rings. The van der Waals surface area contributed by atoms with Gasteiger partial charge in [0.2, 0.25) is 0 Å². The van der Waals surface area contributed by atoms with Crippen molar-refractivity contribution in [3.05, 3.63) is 93.3 Å². The number of carbonyl (C=O) groups is 1. The number of aromatic nitrogens is 2. The molecule has 1 aromatic heterocycles. The quantitative estimate of drug-likeness (QED) is 0.434. The van der Waals surface area contributed by atoms with Crippen LogP contribution >= 0.6 is 0 Å². The highest BCUT2D eigenvalue weighted by molar-refractivity contribution is 5.94. The molecule has 0 N–H and O–H groups in total. The molecule has 1 aliphatic heterocycles. The SMILES string of the molecule is O=C(c1ccc(Cn2cc([N+](=O)[O-])cn2)cc1)N1CCN(Cc2cccc(F)c2F)CC1. The van der Waals surface area contributed by atoms with E-state index in [4.69, 9.17) is 0 Å². The number of nitrogens with zero attached hydrogens (tertiary/aromatic N) is 5. The number of carbonyl (C=O) groups excluding carboxylic acids is 1. The first kappa shape index (κ1) is 21.6. The van der Waals surface area contributed by atoms with Crippen molar-refractivity contribution >= 4 is 11.6 Å². The third-order valence-electron chi connectivity index (χ3n) is 5.46. The second kappa shape index (κ2) is 9.23. The van der Waals surface area contributed by atoms with Gasteiger partial charge in [-0.25, -0.2) is 8.78 Å². The normalized spacial score (nSPS) is 14.5. The summed E-state index contributed by atoms with van der Waals surface area (Å²) in [4.78, 5) is 26.8. The summed E-state index contributed by atoms with van der Waals surface area (Å²) >= 11 is 0. The molecule has 166 valence electrons. The molecule has 0 atom stereocenters. The Morgan fingerprint density at radius 1 is 1.03 bits per heavy atom. The number of hydrogen-bond donors (Lipinski definition) is 0. The first-order chi connectivity index (χ1) is 15.4. The van der Waals surface area contributed by atoms with Gasteiger partial charge in [-0.15, -0.1) is 0 Å². The van der Waals surface area contributed by atoms with Gasteiger partial charge in [-0.1, -0.05) is 24.3 Å². The summed E-state index contributed by atoms with van der Waals surface area (Å²) in [5.41, 5.74) is 1.64. The summed E-state index contributed by atoms with van der Waals surface area (Å²) < 4.78 is 28.8.